The van der Waals surface area contributed by atoms with Crippen LogP contribution < -0.4 is 0 Å². The van der Waals surface area contributed by atoms with Crippen molar-refractivity contribution in [1.29, 1.82) is 0 Å². The standard InChI is InChI=1S/C14H18ClFN2O/c1-8-4-9(2)10(3)18(7-8)14(19)12-5-11(16)6-17-13(12)15/h5-6,8-10H,4,7H2,1-3H3. The van der Waals surface area contributed by atoms with E-state index in [0.717, 1.165) is 18.7 Å². The molecule has 1 aromatic heterocycles. The summed E-state index contributed by atoms with van der Waals surface area (Å²) in [5.74, 6) is 0.0878. The molecule has 2 heterocycles. The minimum absolute atomic E-state index is 0.0597. The third-order valence-electron chi connectivity index (χ3n) is 3.89. The quantitative estimate of drug-likeness (QED) is 0.741. The van der Waals surface area contributed by atoms with Gasteiger partial charge < -0.3 is 4.90 Å². The van der Waals surface area contributed by atoms with Crippen LogP contribution in [0.15, 0.2) is 12.3 Å². The van der Waals surface area contributed by atoms with Gasteiger partial charge in [0.05, 0.1) is 11.8 Å². The first-order valence-electron chi connectivity index (χ1n) is 6.52. The maximum atomic E-state index is 13.2. The monoisotopic (exact) mass is 284 g/mol. The smallest absolute Gasteiger partial charge is 0.257 e. The van der Waals surface area contributed by atoms with Crippen LogP contribution in [0.3, 0.4) is 0 Å². The fraction of sp³-hybridized carbons (Fsp3) is 0.571. The van der Waals surface area contributed by atoms with Gasteiger partial charge in [-0.2, -0.15) is 0 Å². The highest BCUT2D eigenvalue weighted by Crippen LogP contribution is 2.29. The highest BCUT2D eigenvalue weighted by molar-refractivity contribution is 6.32. The number of rotatable bonds is 1. The second-order valence-electron chi connectivity index (χ2n) is 5.51. The minimum atomic E-state index is -0.543. The highest BCUT2D eigenvalue weighted by atomic mass is 35.5. The van der Waals surface area contributed by atoms with E-state index in [4.69, 9.17) is 11.6 Å². The maximum absolute atomic E-state index is 13.2. The van der Waals surface area contributed by atoms with Crippen molar-refractivity contribution in [1.82, 2.24) is 9.88 Å². The largest absolute Gasteiger partial charge is 0.335 e. The Morgan fingerprint density at radius 1 is 1.47 bits per heavy atom. The van der Waals surface area contributed by atoms with Crippen molar-refractivity contribution in [3.63, 3.8) is 0 Å². The average Bonchev–Trinajstić information content (AvgIpc) is 2.36. The van der Waals surface area contributed by atoms with Crippen molar-refractivity contribution in [3.8, 4) is 0 Å². The lowest BCUT2D eigenvalue weighted by atomic mass is 9.85. The molecule has 1 amide bonds. The fourth-order valence-electron chi connectivity index (χ4n) is 2.71. The van der Waals surface area contributed by atoms with Crippen molar-refractivity contribution in [2.24, 2.45) is 11.8 Å². The third kappa shape index (κ3) is 2.89. The molecular formula is C14H18ClFN2O. The molecule has 2 rings (SSSR count). The van der Waals surface area contributed by atoms with Gasteiger partial charge in [0.2, 0.25) is 0 Å². The molecule has 1 fully saturated rings. The molecule has 5 heteroatoms. The summed E-state index contributed by atoms with van der Waals surface area (Å²) < 4.78 is 13.2. The van der Waals surface area contributed by atoms with Gasteiger partial charge in [0.25, 0.3) is 5.91 Å². The summed E-state index contributed by atoms with van der Waals surface area (Å²) in [4.78, 5) is 18.0. The summed E-state index contributed by atoms with van der Waals surface area (Å²) in [7, 11) is 0. The lowest BCUT2D eigenvalue weighted by molar-refractivity contribution is 0.0455. The van der Waals surface area contributed by atoms with Crippen LogP contribution in [0.25, 0.3) is 0 Å². The number of halogens is 2. The number of nitrogens with zero attached hydrogens (tertiary/aromatic N) is 2. The molecule has 1 aliphatic heterocycles. The van der Waals surface area contributed by atoms with Crippen LogP contribution in [0.4, 0.5) is 4.39 Å². The van der Waals surface area contributed by atoms with Crippen molar-refractivity contribution in [3.05, 3.63) is 28.8 Å². The first-order chi connectivity index (χ1) is 8.90. The van der Waals surface area contributed by atoms with E-state index >= 15 is 0 Å². The van der Waals surface area contributed by atoms with Crippen LogP contribution in [0, 0.1) is 17.7 Å². The molecule has 0 bridgehead atoms. The first-order valence-corrected chi connectivity index (χ1v) is 6.90. The van der Waals surface area contributed by atoms with Crippen molar-refractivity contribution in [2.45, 2.75) is 33.2 Å². The number of hydrogen-bond donors (Lipinski definition) is 0. The number of hydrogen-bond acceptors (Lipinski definition) is 2. The molecule has 0 radical (unpaired) electrons. The van der Waals surface area contributed by atoms with E-state index in [1.54, 1.807) is 4.90 Å². The number of piperidine rings is 1. The molecule has 0 saturated carbocycles. The predicted molar refractivity (Wildman–Crippen MR) is 72.6 cm³/mol. The average molecular weight is 285 g/mol. The molecule has 0 N–H and O–H groups in total. The Labute approximate surface area is 117 Å². The van der Waals surface area contributed by atoms with Crippen LogP contribution in [0.2, 0.25) is 5.15 Å². The third-order valence-corrected chi connectivity index (χ3v) is 4.20. The molecule has 1 aliphatic rings. The van der Waals surface area contributed by atoms with Gasteiger partial charge in [-0.1, -0.05) is 25.4 Å². The SMILES string of the molecule is CC1CC(C)C(C)N(C(=O)c2cc(F)cnc2Cl)C1. The van der Waals surface area contributed by atoms with Gasteiger partial charge in [-0.15, -0.1) is 0 Å². The Hall–Kier alpha value is -1.16. The minimum Gasteiger partial charge on any atom is -0.335 e. The number of carbonyl (C=O) groups excluding carboxylic acids is 1. The molecule has 1 aromatic rings. The van der Waals surface area contributed by atoms with E-state index in [1.807, 2.05) is 6.92 Å². The summed E-state index contributed by atoms with van der Waals surface area (Å²) in [5.41, 5.74) is 0.148. The summed E-state index contributed by atoms with van der Waals surface area (Å²) in [6.45, 7) is 6.95. The summed E-state index contributed by atoms with van der Waals surface area (Å²) >= 11 is 5.91. The summed E-state index contributed by atoms with van der Waals surface area (Å²) in [6.07, 6.45) is 2.12. The summed E-state index contributed by atoms with van der Waals surface area (Å²) in [6, 6.07) is 1.29. The van der Waals surface area contributed by atoms with Crippen LogP contribution in [0.1, 0.15) is 37.6 Å². The van der Waals surface area contributed by atoms with E-state index in [2.05, 4.69) is 18.8 Å². The number of likely N-dealkylation sites (tertiary alicyclic amines) is 1. The van der Waals surface area contributed by atoms with Gasteiger partial charge in [0, 0.05) is 12.6 Å². The Morgan fingerprint density at radius 3 is 2.84 bits per heavy atom. The van der Waals surface area contributed by atoms with Crippen molar-refractivity contribution < 1.29 is 9.18 Å². The number of amides is 1. The van der Waals surface area contributed by atoms with E-state index in [-0.39, 0.29) is 22.7 Å². The zero-order valence-corrected chi connectivity index (χ0v) is 12.1. The molecule has 3 atom stereocenters. The number of pyridine rings is 1. The first kappa shape index (κ1) is 14.3. The Bertz CT molecular complexity index is 494. The molecule has 3 nitrogen and oxygen atoms in total. The molecular weight excluding hydrogens is 267 g/mol. The van der Waals surface area contributed by atoms with Crippen LogP contribution in [-0.4, -0.2) is 28.4 Å². The molecule has 3 unspecified atom stereocenters. The molecule has 1 saturated heterocycles. The second kappa shape index (κ2) is 5.45. The van der Waals surface area contributed by atoms with Crippen molar-refractivity contribution in [2.75, 3.05) is 6.54 Å². The molecule has 0 aliphatic carbocycles. The van der Waals surface area contributed by atoms with Crippen LogP contribution >= 0.6 is 11.6 Å². The maximum Gasteiger partial charge on any atom is 0.257 e. The van der Waals surface area contributed by atoms with E-state index in [1.165, 1.54) is 0 Å². The van der Waals surface area contributed by atoms with Gasteiger partial charge in [-0.3, -0.25) is 4.79 Å². The lowest BCUT2D eigenvalue weighted by Gasteiger charge is -2.41. The summed E-state index contributed by atoms with van der Waals surface area (Å²) in [5, 5.41) is 0.0597. The van der Waals surface area contributed by atoms with Crippen LogP contribution in [-0.2, 0) is 0 Å². The molecule has 19 heavy (non-hydrogen) atoms. The fourth-order valence-corrected chi connectivity index (χ4v) is 2.89. The van der Waals surface area contributed by atoms with Gasteiger partial charge >= 0.3 is 0 Å². The van der Waals surface area contributed by atoms with Gasteiger partial charge in [0.1, 0.15) is 11.0 Å². The van der Waals surface area contributed by atoms with Gasteiger partial charge in [0.15, 0.2) is 0 Å². The molecule has 0 spiro atoms. The number of aromatic nitrogens is 1. The zero-order chi connectivity index (χ0) is 14.2. The topological polar surface area (TPSA) is 33.2 Å². The van der Waals surface area contributed by atoms with E-state index in [9.17, 15) is 9.18 Å². The second-order valence-corrected chi connectivity index (χ2v) is 5.87. The van der Waals surface area contributed by atoms with E-state index < -0.39 is 5.82 Å². The number of carbonyl (C=O) groups is 1. The zero-order valence-electron chi connectivity index (χ0n) is 11.4. The molecule has 104 valence electrons. The normalized spacial score (nSPS) is 27.4. The van der Waals surface area contributed by atoms with Crippen molar-refractivity contribution >= 4 is 17.5 Å². The predicted octanol–water partition coefficient (Wildman–Crippen LogP) is 3.38. The van der Waals surface area contributed by atoms with Gasteiger partial charge in [-0.25, -0.2) is 9.37 Å². The molecule has 0 aromatic carbocycles. The highest BCUT2D eigenvalue weighted by Gasteiger charge is 2.33. The Balaban J connectivity index is 2.30. The van der Waals surface area contributed by atoms with Gasteiger partial charge in [-0.05, 0) is 31.2 Å². The van der Waals surface area contributed by atoms with E-state index in [0.29, 0.717) is 18.4 Å². The Morgan fingerprint density at radius 2 is 2.16 bits per heavy atom. The Kier molecular flexibility index (Phi) is 4.09. The lowest BCUT2D eigenvalue weighted by Crippen LogP contribution is -2.49. The van der Waals surface area contributed by atoms with Crippen LogP contribution in [0.5, 0.6) is 0 Å².